The van der Waals surface area contributed by atoms with Crippen LogP contribution in [0.5, 0.6) is 0 Å². The fourth-order valence-electron chi connectivity index (χ4n) is 6.77. The van der Waals surface area contributed by atoms with Gasteiger partial charge in [0, 0.05) is 19.0 Å². The monoisotopic (exact) mass is 478 g/mol. The number of fused-ring (bicyclic) bond motifs is 4. The topological polar surface area (TPSA) is 95.5 Å². The highest BCUT2D eigenvalue weighted by atomic mass is 16.3. The number of ketones is 1. The molecule has 0 radical (unpaired) electrons. The largest absolute Gasteiger partial charge is 0.509 e. The average molecular weight is 479 g/mol. The van der Waals surface area contributed by atoms with Gasteiger partial charge in [-0.25, -0.2) is 0 Å². The number of nitrogens with one attached hydrogen (secondary N) is 2. The first-order valence-electron chi connectivity index (χ1n) is 13.1. The van der Waals surface area contributed by atoms with Crippen molar-refractivity contribution in [2.24, 2.45) is 35.5 Å². The van der Waals surface area contributed by atoms with Gasteiger partial charge in [0.1, 0.15) is 11.3 Å². The first-order valence-corrected chi connectivity index (χ1v) is 13.1. The van der Waals surface area contributed by atoms with Gasteiger partial charge in [0.25, 0.3) is 5.91 Å². The second kappa shape index (κ2) is 11.2. The summed E-state index contributed by atoms with van der Waals surface area (Å²) in [6.45, 7) is 5.11. The lowest BCUT2D eigenvalue weighted by atomic mass is 9.79. The summed E-state index contributed by atoms with van der Waals surface area (Å²) in [5.41, 5.74) is -0.140. The van der Waals surface area contributed by atoms with E-state index in [2.05, 4.69) is 36.6 Å². The summed E-state index contributed by atoms with van der Waals surface area (Å²) in [5, 5.41) is 16.0. The Kier molecular flexibility index (Phi) is 8.09. The Morgan fingerprint density at radius 2 is 1.86 bits per heavy atom. The standard InChI is InChI=1S/C29H38N2O4/c1-3-19-16-21-17-20-10-7-8-14-25(33)30-15-9-12-23-28(34)27(29(35)31-23)24(32)13-6-4-5-11-22(20)26(21)18(19)2/h4-8,10-11,14,18-23,26,34H,3,9,12-13,15-17H2,1-2H3,(H,30,33)(H,31,35)/b6-4-,10-7-,11-5-,14-8-/t18-,19-,20+,21+,22+,23+,26+/m1/s1. The molecule has 2 aliphatic heterocycles. The zero-order valence-corrected chi connectivity index (χ0v) is 20.8. The number of rotatable bonds is 1. The van der Waals surface area contributed by atoms with Crippen molar-refractivity contribution < 1.29 is 19.5 Å². The molecule has 0 aromatic rings. The van der Waals surface area contributed by atoms with E-state index in [1.807, 2.05) is 24.3 Å². The predicted molar refractivity (Wildman–Crippen MR) is 136 cm³/mol. The second-order valence-electron chi connectivity index (χ2n) is 10.5. The van der Waals surface area contributed by atoms with Gasteiger partial charge in [-0.3, -0.25) is 14.4 Å². The van der Waals surface area contributed by atoms with Crippen molar-refractivity contribution in [3.8, 4) is 0 Å². The van der Waals surface area contributed by atoms with Crippen LogP contribution in [0.2, 0.25) is 0 Å². The van der Waals surface area contributed by atoms with Crippen LogP contribution in [0.25, 0.3) is 0 Å². The van der Waals surface area contributed by atoms with Crippen molar-refractivity contribution in [2.45, 2.75) is 58.4 Å². The van der Waals surface area contributed by atoms with Crippen molar-refractivity contribution >= 4 is 17.6 Å². The lowest BCUT2D eigenvalue weighted by Gasteiger charge is -2.26. The van der Waals surface area contributed by atoms with E-state index in [0.717, 1.165) is 11.8 Å². The van der Waals surface area contributed by atoms with Crippen LogP contribution in [0, 0.1) is 35.5 Å². The summed E-state index contributed by atoms with van der Waals surface area (Å²) in [6.07, 6.45) is 20.3. The maximum absolute atomic E-state index is 12.6. The van der Waals surface area contributed by atoms with Crippen LogP contribution in [0.15, 0.2) is 59.9 Å². The van der Waals surface area contributed by atoms with E-state index in [0.29, 0.717) is 43.1 Å². The van der Waals surface area contributed by atoms with Crippen LogP contribution < -0.4 is 10.6 Å². The molecule has 2 bridgehead atoms. The van der Waals surface area contributed by atoms with Crippen LogP contribution >= 0.6 is 0 Å². The van der Waals surface area contributed by atoms with Gasteiger partial charge in [-0.2, -0.15) is 0 Å². The molecular weight excluding hydrogens is 440 g/mol. The number of aliphatic hydroxyl groups excluding tert-OH is 1. The molecule has 35 heavy (non-hydrogen) atoms. The molecule has 0 saturated heterocycles. The van der Waals surface area contributed by atoms with E-state index in [9.17, 15) is 19.5 Å². The number of allylic oxidation sites excluding steroid dienone is 7. The number of carbonyl (C=O) groups is 3. The van der Waals surface area contributed by atoms with Crippen LogP contribution in [-0.2, 0) is 14.4 Å². The summed E-state index contributed by atoms with van der Waals surface area (Å²) in [7, 11) is 0. The van der Waals surface area contributed by atoms with Crippen LogP contribution in [0.1, 0.15) is 52.4 Å². The molecule has 0 spiro atoms. The molecule has 0 aromatic heterocycles. The van der Waals surface area contributed by atoms with Gasteiger partial charge >= 0.3 is 0 Å². The number of aliphatic hydroxyl groups is 1. The van der Waals surface area contributed by atoms with Crippen LogP contribution in [0.4, 0.5) is 0 Å². The minimum Gasteiger partial charge on any atom is -0.509 e. The molecular formula is C29H38N2O4. The van der Waals surface area contributed by atoms with Gasteiger partial charge in [0.2, 0.25) is 5.91 Å². The third kappa shape index (κ3) is 5.52. The summed E-state index contributed by atoms with van der Waals surface area (Å²) in [5.74, 6) is 2.43. The van der Waals surface area contributed by atoms with E-state index < -0.39 is 11.9 Å². The van der Waals surface area contributed by atoms with Crippen LogP contribution in [-0.4, -0.2) is 35.3 Å². The number of hydrogen-bond donors (Lipinski definition) is 3. The number of Topliss-reactive ketones (excluding diaryl/α,β-unsaturated/α-hetero) is 1. The molecule has 4 aliphatic rings. The molecule has 0 unspecified atom stereocenters. The van der Waals surface area contributed by atoms with Crippen molar-refractivity contribution in [3.05, 3.63) is 59.9 Å². The van der Waals surface area contributed by atoms with Gasteiger partial charge in [0.15, 0.2) is 5.78 Å². The molecule has 2 heterocycles. The van der Waals surface area contributed by atoms with Gasteiger partial charge in [-0.05, 0) is 61.2 Å². The molecule has 7 atom stereocenters. The third-order valence-corrected chi connectivity index (χ3v) is 8.51. The molecule has 2 aliphatic carbocycles. The average Bonchev–Trinajstić information content (AvgIpc) is 3.43. The smallest absolute Gasteiger partial charge is 0.259 e. The maximum atomic E-state index is 12.6. The minimum atomic E-state index is -0.584. The molecule has 3 N–H and O–H groups in total. The van der Waals surface area contributed by atoms with E-state index in [-0.39, 0.29) is 29.4 Å². The second-order valence-corrected chi connectivity index (χ2v) is 10.5. The first-order chi connectivity index (χ1) is 16.9. The van der Waals surface area contributed by atoms with E-state index >= 15 is 0 Å². The molecule has 6 nitrogen and oxygen atoms in total. The Labute approximate surface area is 208 Å². The van der Waals surface area contributed by atoms with Gasteiger partial charge in [-0.1, -0.05) is 62.8 Å². The normalized spacial score (nSPS) is 39.8. The summed E-state index contributed by atoms with van der Waals surface area (Å²) in [4.78, 5) is 37.1. The van der Waals surface area contributed by atoms with Gasteiger partial charge in [0.05, 0.1) is 6.04 Å². The highest BCUT2D eigenvalue weighted by Gasteiger charge is 2.49. The van der Waals surface area contributed by atoms with Crippen molar-refractivity contribution in [2.75, 3.05) is 6.54 Å². The highest BCUT2D eigenvalue weighted by molar-refractivity contribution is 6.21. The fraction of sp³-hybridized carbons (Fsp3) is 0.552. The first kappa shape index (κ1) is 25.2. The quantitative estimate of drug-likeness (QED) is 0.489. The van der Waals surface area contributed by atoms with E-state index in [4.69, 9.17) is 0 Å². The lowest BCUT2D eigenvalue weighted by Crippen LogP contribution is -2.31. The number of carbonyl (C=O) groups excluding carboxylic acids is 3. The highest BCUT2D eigenvalue weighted by Crippen LogP contribution is 2.57. The molecule has 4 rings (SSSR count). The van der Waals surface area contributed by atoms with Crippen molar-refractivity contribution in [3.63, 3.8) is 0 Å². The molecule has 6 heteroatoms. The Bertz CT molecular complexity index is 989. The minimum absolute atomic E-state index is 0.0685. The summed E-state index contributed by atoms with van der Waals surface area (Å²) < 4.78 is 0. The SMILES string of the molecule is CC[C@@H]1C[C@H]2C[C@@H]3/C=C\C=C/C(=O)NCCC[C@@H]4NC(=O)C(=C4O)C(=O)C/C=C\C=C/[C@@H]3[C@H]2[C@@H]1C. The van der Waals surface area contributed by atoms with Gasteiger partial charge < -0.3 is 15.7 Å². The molecule has 2 fully saturated rings. The van der Waals surface area contributed by atoms with E-state index in [1.54, 1.807) is 12.2 Å². The number of amides is 2. The van der Waals surface area contributed by atoms with Gasteiger partial charge in [-0.15, -0.1) is 0 Å². The van der Waals surface area contributed by atoms with Crippen LogP contribution in [0.3, 0.4) is 0 Å². The Balaban J connectivity index is 1.55. The Morgan fingerprint density at radius 1 is 1.06 bits per heavy atom. The summed E-state index contributed by atoms with van der Waals surface area (Å²) >= 11 is 0. The Hall–Kier alpha value is -2.89. The summed E-state index contributed by atoms with van der Waals surface area (Å²) in [6, 6.07) is -0.584. The molecule has 2 amide bonds. The molecule has 188 valence electrons. The lowest BCUT2D eigenvalue weighted by molar-refractivity contribution is -0.122. The van der Waals surface area contributed by atoms with Crippen molar-refractivity contribution in [1.82, 2.24) is 10.6 Å². The van der Waals surface area contributed by atoms with E-state index in [1.165, 1.54) is 19.3 Å². The van der Waals surface area contributed by atoms with Crippen molar-refractivity contribution in [1.29, 1.82) is 0 Å². The number of hydrogen-bond acceptors (Lipinski definition) is 4. The zero-order valence-electron chi connectivity index (χ0n) is 20.8. The molecule has 2 saturated carbocycles. The third-order valence-electron chi connectivity index (χ3n) is 8.51. The Morgan fingerprint density at radius 3 is 2.66 bits per heavy atom. The predicted octanol–water partition coefficient (Wildman–Crippen LogP) is 4.33. The maximum Gasteiger partial charge on any atom is 0.259 e. The zero-order chi connectivity index (χ0) is 24.9. The molecule has 0 aromatic carbocycles. The fourth-order valence-corrected chi connectivity index (χ4v) is 6.77.